The highest BCUT2D eigenvalue weighted by Crippen LogP contribution is 2.33. The van der Waals surface area contributed by atoms with Crippen molar-refractivity contribution in [2.45, 2.75) is 9.79 Å². The van der Waals surface area contributed by atoms with Crippen LogP contribution >= 0.6 is 11.8 Å². The Morgan fingerprint density at radius 2 is 1.56 bits per heavy atom. The summed E-state index contributed by atoms with van der Waals surface area (Å²) in [4.78, 5) is 2.84. The molecular weight excluding hydrogens is 235 g/mol. The van der Waals surface area contributed by atoms with Crippen LogP contribution in [-0.4, -0.2) is 7.28 Å². The fourth-order valence-electron chi connectivity index (χ4n) is 2.61. The molecule has 0 atom stereocenters. The Morgan fingerprint density at radius 1 is 0.722 bits per heavy atom. The molecular formula is C16H11BS. The van der Waals surface area contributed by atoms with Gasteiger partial charge in [-0.05, 0) is 16.8 Å². The summed E-state index contributed by atoms with van der Waals surface area (Å²) in [5, 5.41) is 2.72. The third-order valence-electron chi connectivity index (χ3n) is 3.53. The van der Waals surface area contributed by atoms with E-state index in [1.54, 1.807) is 0 Å². The van der Waals surface area contributed by atoms with Gasteiger partial charge >= 0.3 is 0 Å². The van der Waals surface area contributed by atoms with Crippen LogP contribution in [0.15, 0.2) is 70.5 Å². The second-order valence-electron chi connectivity index (χ2n) is 4.66. The van der Waals surface area contributed by atoms with Crippen LogP contribution in [0.25, 0.3) is 10.8 Å². The zero-order valence-corrected chi connectivity index (χ0v) is 10.7. The molecule has 0 aliphatic carbocycles. The van der Waals surface area contributed by atoms with Gasteiger partial charge in [-0.1, -0.05) is 77.3 Å². The highest BCUT2D eigenvalue weighted by molar-refractivity contribution is 8.00. The van der Waals surface area contributed by atoms with Crippen molar-refractivity contribution in [2.24, 2.45) is 0 Å². The Labute approximate surface area is 111 Å². The average molecular weight is 246 g/mol. The Kier molecular flexibility index (Phi) is 2.24. The zero-order chi connectivity index (χ0) is 11.9. The Bertz CT molecular complexity index is 749. The van der Waals surface area contributed by atoms with Gasteiger partial charge in [-0.3, -0.25) is 0 Å². The van der Waals surface area contributed by atoms with E-state index in [0.717, 1.165) is 7.28 Å². The van der Waals surface area contributed by atoms with E-state index in [9.17, 15) is 0 Å². The topological polar surface area (TPSA) is 0 Å². The van der Waals surface area contributed by atoms with E-state index < -0.39 is 0 Å². The van der Waals surface area contributed by atoms with Gasteiger partial charge in [0.15, 0.2) is 7.28 Å². The molecule has 2 heteroatoms. The lowest BCUT2D eigenvalue weighted by Gasteiger charge is -2.19. The molecule has 0 unspecified atom stereocenters. The molecule has 1 aliphatic heterocycles. The average Bonchev–Trinajstić information content (AvgIpc) is 2.45. The smallest absolute Gasteiger partial charge is 0.0906 e. The van der Waals surface area contributed by atoms with E-state index in [1.807, 2.05) is 11.8 Å². The summed E-state index contributed by atoms with van der Waals surface area (Å²) in [7, 11) is 1.06. The maximum atomic E-state index is 2.28. The largest absolute Gasteiger partial charge is 0.195 e. The molecule has 3 aromatic carbocycles. The molecule has 84 valence electrons. The van der Waals surface area contributed by atoms with Crippen molar-refractivity contribution in [1.82, 2.24) is 0 Å². The summed E-state index contributed by atoms with van der Waals surface area (Å²) >= 11 is 1.91. The van der Waals surface area contributed by atoms with Crippen LogP contribution in [0.3, 0.4) is 0 Å². The summed E-state index contributed by atoms with van der Waals surface area (Å²) in [6, 6.07) is 21.9. The van der Waals surface area contributed by atoms with E-state index >= 15 is 0 Å². The fourth-order valence-corrected chi connectivity index (χ4v) is 3.82. The van der Waals surface area contributed by atoms with Crippen molar-refractivity contribution in [1.29, 1.82) is 0 Å². The van der Waals surface area contributed by atoms with E-state index in [0.29, 0.717) is 0 Å². The van der Waals surface area contributed by atoms with Crippen LogP contribution in [0.5, 0.6) is 0 Å². The molecule has 0 bridgehead atoms. The molecule has 3 aromatic rings. The fraction of sp³-hybridized carbons (Fsp3) is 0. The summed E-state index contributed by atoms with van der Waals surface area (Å²) in [5.74, 6) is 0. The van der Waals surface area contributed by atoms with Gasteiger partial charge in [0.25, 0.3) is 0 Å². The van der Waals surface area contributed by atoms with Crippen LogP contribution in [0.1, 0.15) is 0 Å². The van der Waals surface area contributed by atoms with E-state index in [2.05, 4.69) is 60.7 Å². The summed E-state index contributed by atoms with van der Waals surface area (Å²) in [6.45, 7) is 0. The first-order valence-corrected chi connectivity index (χ1v) is 7.00. The molecule has 0 amide bonds. The van der Waals surface area contributed by atoms with Gasteiger partial charge in [-0.2, -0.15) is 0 Å². The molecule has 18 heavy (non-hydrogen) atoms. The van der Waals surface area contributed by atoms with Crippen LogP contribution in [0, 0.1) is 0 Å². The Morgan fingerprint density at radius 3 is 2.56 bits per heavy atom. The van der Waals surface area contributed by atoms with Gasteiger partial charge in [0.1, 0.15) is 0 Å². The van der Waals surface area contributed by atoms with E-state index in [4.69, 9.17) is 0 Å². The minimum atomic E-state index is 1.06. The second kappa shape index (κ2) is 3.92. The van der Waals surface area contributed by atoms with Crippen molar-refractivity contribution < 1.29 is 0 Å². The number of fused-ring (bicyclic) bond motifs is 4. The lowest BCUT2D eigenvalue weighted by Crippen LogP contribution is -2.33. The molecule has 0 saturated heterocycles. The Balaban J connectivity index is 1.98. The predicted molar refractivity (Wildman–Crippen MR) is 80.9 cm³/mol. The molecule has 4 rings (SSSR count). The van der Waals surface area contributed by atoms with Crippen molar-refractivity contribution in [3.63, 3.8) is 0 Å². The highest BCUT2D eigenvalue weighted by atomic mass is 32.2. The number of benzene rings is 3. The van der Waals surface area contributed by atoms with Crippen LogP contribution in [-0.2, 0) is 0 Å². The van der Waals surface area contributed by atoms with E-state index in [1.165, 1.54) is 31.5 Å². The summed E-state index contributed by atoms with van der Waals surface area (Å²) < 4.78 is 0. The van der Waals surface area contributed by atoms with Gasteiger partial charge in [-0.25, -0.2) is 0 Å². The second-order valence-corrected chi connectivity index (χ2v) is 5.71. The maximum Gasteiger partial charge on any atom is 0.195 e. The van der Waals surface area contributed by atoms with Crippen LogP contribution in [0.2, 0.25) is 0 Å². The van der Waals surface area contributed by atoms with Crippen LogP contribution in [0.4, 0.5) is 0 Å². The normalized spacial score (nSPS) is 12.7. The third kappa shape index (κ3) is 1.49. The summed E-state index contributed by atoms with van der Waals surface area (Å²) in [5.41, 5.74) is 2.91. The molecule has 0 fully saturated rings. The lowest BCUT2D eigenvalue weighted by atomic mass is 9.63. The first kappa shape index (κ1) is 10.3. The summed E-state index contributed by atoms with van der Waals surface area (Å²) in [6.07, 6.45) is 0. The van der Waals surface area contributed by atoms with Crippen molar-refractivity contribution in [3.8, 4) is 0 Å². The van der Waals surface area contributed by atoms with Gasteiger partial charge in [0.2, 0.25) is 0 Å². The van der Waals surface area contributed by atoms with Gasteiger partial charge in [0.05, 0.1) is 0 Å². The minimum Gasteiger partial charge on any atom is -0.0906 e. The van der Waals surface area contributed by atoms with Gasteiger partial charge < -0.3 is 0 Å². The highest BCUT2D eigenvalue weighted by Gasteiger charge is 2.18. The SMILES string of the molecule is B1c2ccccc2Sc2c1ccc1ccccc21. The number of rotatable bonds is 0. The van der Waals surface area contributed by atoms with Gasteiger partial charge in [-0.15, -0.1) is 0 Å². The molecule has 0 aromatic heterocycles. The number of hydrogen-bond acceptors (Lipinski definition) is 1. The van der Waals surface area contributed by atoms with E-state index in [-0.39, 0.29) is 0 Å². The monoisotopic (exact) mass is 246 g/mol. The quantitative estimate of drug-likeness (QED) is 0.430. The van der Waals surface area contributed by atoms with Crippen molar-refractivity contribution >= 4 is 40.7 Å². The van der Waals surface area contributed by atoms with Gasteiger partial charge in [0, 0.05) is 9.79 Å². The predicted octanol–water partition coefficient (Wildman–Crippen LogP) is 2.69. The molecule has 0 saturated carbocycles. The standard InChI is InChI=1S/C16H11BS/c1-2-6-12-11(5-1)9-10-14-16(12)18-15-8-4-3-7-13(15)17-14/h1-10,17H. The maximum absolute atomic E-state index is 2.28. The molecule has 0 radical (unpaired) electrons. The lowest BCUT2D eigenvalue weighted by molar-refractivity contribution is 1.47. The zero-order valence-electron chi connectivity index (χ0n) is 9.89. The third-order valence-corrected chi connectivity index (χ3v) is 4.83. The Hall–Kier alpha value is -1.67. The minimum absolute atomic E-state index is 1.06. The van der Waals surface area contributed by atoms with Crippen molar-refractivity contribution in [2.75, 3.05) is 0 Å². The molecule has 0 nitrogen and oxygen atoms in total. The molecule has 1 heterocycles. The number of hydrogen-bond donors (Lipinski definition) is 0. The van der Waals surface area contributed by atoms with Crippen LogP contribution < -0.4 is 10.9 Å². The molecule has 0 N–H and O–H groups in total. The first-order valence-electron chi connectivity index (χ1n) is 6.18. The van der Waals surface area contributed by atoms with Crippen molar-refractivity contribution in [3.05, 3.63) is 60.7 Å². The molecule has 0 spiro atoms. The first-order chi connectivity index (χ1) is 8.92. The molecule has 1 aliphatic rings.